The number of carbonyl (C=O) groups is 1. The molecule has 0 saturated carbocycles. The molecule has 1 amide bonds. The van der Waals surface area contributed by atoms with Crippen LogP contribution in [0.5, 0.6) is 0 Å². The van der Waals surface area contributed by atoms with Crippen molar-refractivity contribution in [3.05, 3.63) is 63.9 Å². The molecule has 3 rings (SSSR count). The van der Waals surface area contributed by atoms with Gasteiger partial charge < -0.3 is 9.80 Å². The van der Waals surface area contributed by atoms with Gasteiger partial charge in [-0.3, -0.25) is 4.79 Å². The zero-order valence-corrected chi connectivity index (χ0v) is 14.2. The number of hydrogen-bond acceptors (Lipinski definition) is 2. The van der Waals surface area contributed by atoms with Crippen LogP contribution in [-0.2, 0) is 0 Å². The first-order valence-electron chi connectivity index (χ1n) is 7.40. The van der Waals surface area contributed by atoms with Gasteiger partial charge in [0, 0.05) is 36.2 Å². The van der Waals surface area contributed by atoms with Crippen LogP contribution in [-0.4, -0.2) is 37.0 Å². The first-order chi connectivity index (χ1) is 11.5. The number of nitrogens with zero attached hydrogens (tertiary/aromatic N) is 2. The minimum Gasteiger partial charge on any atom is -0.366 e. The van der Waals surface area contributed by atoms with Crippen molar-refractivity contribution >= 4 is 27.5 Å². The van der Waals surface area contributed by atoms with E-state index in [9.17, 15) is 18.0 Å². The Labute approximate surface area is 145 Å². The maximum absolute atomic E-state index is 13.9. The largest absolute Gasteiger partial charge is 0.366 e. The molecule has 1 fully saturated rings. The van der Waals surface area contributed by atoms with Crippen LogP contribution < -0.4 is 4.90 Å². The molecule has 0 aromatic heterocycles. The molecule has 126 valence electrons. The molecule has 0 N–H and O–H groups in total. The van der Waals surface area contributed by atoms with Crippen LogP contribution in [0.1, 0.15) is 10.4 Å². The lowest BCUT2D eigenvalue weighted by atomic mass is 10.1. The Hall–Kier alpha value is -2.02. The summed E-state index contributed by atoms with van der Waals surface area (Å²) in [6.45, 7) is 1.47. The van der Waals surface area contributed by atoms with Gasteiger partial charge in [-0.25, -0.2) is 13.2 Å². The summed E-state index contributed by atoms with van der Waals surface area (Å²) in [6, 6.07) is 9.18. The lowest BCUT2D eigenvalue weighted by molar-refractivity contribution is 0.0746. The fraction of sp³-hybridized carbons (Fsp3) is 0.235. The molecule has 0 bridgehead atoms. The van der Waals surface area contributed by atoms with Crippen molar-refractivity contribution in [1.82, 2.24) is 4.90 Å². The van der Waals surface area contributed by atoms with Gasteiger partial charge in [0.05, 0.1) is 5.69 Å². The molecule has 0 aliphatic carbocycles. The Morgan fingerprint density at radius 1 is 0.875 bits per heavy atom. The monoisotopic (exact) mass is 398 g/mol. The van der Waals surface area contributed by atoms with Crippen LogP contribution in [0.25, 0.3) is 0 Å². The highest BCUT2D eigenvalue weighted by atomic mass is 79.9. The summed E-state index contributed by atoms with van der Waals surface area (Å²) in [7, 11) is 0. The van der Waals surface area contributed by atoms with E-state index in [0.717, 1.165) is 10.5 Å². The number of piperazine rings is 1. The van der Waals surface area contributed by atoms with Gasteiger partial charge in [0.25, 0.3) is 5.91 Å². The molecule has 0 spiro atoms. The highest BCUT2D eigenvalue weighted by Crippen LogP contribution is 2.25. The molecular formula is C17H14BrF3N2O. The van der Waals surface area contributed by atoms with Crippen LogP contribution >= 0.6 is 15.9 Å². The summed E-state index contributed by atoms with van der Waals surface area (Å²) in [4.78, 5) is 15.7. The van der Waals surface area contributed by atoms with Crippen molar-refractivity contribution in [1.29, 1.82) is 0 Å². The van der Waals surface area contributed by atoms with E-state index in [0.29, 0.717) is 31.7 Å². The molecule has 1 saturated heterocycles. The Morgan fingerprint density at radius 2 is 1.50 bits per heavy atom. The Morgan fingerprint density at radius 3 is 2.12 bits per heavy atom. The van der Waals surface area contributed by atoms with Gasteiger partial charge in [0.15, 0.2) is 17.5 Å². The standard InChI is InChI=1S/C17H14BrF3N2O/c18-12-3-1-11(2-4-12)17(24)23-9-7-22(8-10-23)14-6-5-13(19)15(20)16(14)21/h1-6H,7-10H2. The number of carbonyl (C=O) groups excluding carboxylic acids is 1. The van der Waals surface area contributed by atoms with Gasteiger partial charge in [-0.1, -0.05) is 15.9 Å². The third-order valence-corrected chi connectivity index (χ3v) is 4.54. The van der Waals surface area contributed by atoms with Crippen molar-refractivity contribution in [2.45, 2.75) is 0 Å². The molecule has 1 aliphatic heterocycles. The van der Waals surface area contributed by atoms with Crippen LogP contribution in [0.3, 0.4) is 0 Å². The molecule has 0 unspecified atom stereocenters. The maximum Gasteiger partial charge on any atom is 0.253 e. The summed E-state index contributed by atoms with van der Waals surface area (Å²) in [5.41, 5.74) is 0.593. The van der Waals surface area contributed by atoms with Crippen molar-refractivity contribution in [3.63, 3.8) is 0 Å². The highest BCUT2D eigenvalue weighted by molar-refractivity contribution is 9.10. The maximum atomic E-state index is 13.9. The summed E-state index contributed by atoms with van der Waals surface area (Å²) < 4.78 is 41.1. The van der Waals surface area contributed by atoms with E-state index < -0.39 is 17.5 Å². The summed E-state index contributed by atoms with van der Waals surface area (Å²) in [6.07, 6.45) is 0. The fourth-order valence-corrected chi connectivity index (χ4v) is 2.95. The molecule has 0 radical (unpaired) electrons. The minimum atomic E-state index is -1.47. The second kappa shape index (κ2) is 6.84. The topological polar surface area (TPSA) is 23.6 Å². The molecule has 3 nitrogen and oxygen atoms in total. The molecule has 1 aliphatic rings. The Bertz CT molecular complexity index is 759. The van der Waals surface area contributed by atoms with E-state index in [1.54, 1.807) is 34.1 Å². The van der Waals surface area contributed by atoms with E-state index >= 15 is 0 Å². The quantitative estimate of drug-likeness (QED) is 0.717. The van der Waals surface area contributed by atoms with Crippen LogP contribution in [0.4, 0.5) is 18.9 Å². The van der Waals surface area contributed by atoms with Gasteiger partial charge in [0.1, 0.15) is 0 Å². The zero-order chi connectivity index (χ0) is 17.3. The predicted octanol–water partition coefficient (Wildman–Crippen LogP) is 3.83. The number of rotatable bonds is 2. The van der Waals surface area contributed by atoms with Gasteiger partial charge in [0.2, 0.25) is 0 Å². The third-order valence-electron chi connectivity index (χ3n) is 4.01. The third kappa shape index (κ3) is 3.26. The highest BCUT2D eigenvalue weighted by Gasteiger charge is 2.25. The Balaban J connectivity index is 1.69. The normalized spacial score (nSPS) is 14.8. The van der Waals surface area contributed by atoms with E-state index in [1.165, 1.54) is 6.07 Å². The Kier molecular flexibility index (Phi) is 4.80. The van der Waals surface area contributed by atoms with E-state index in [2.05, 4.69) is 15.9 Å². The van der Waals surface area contributed by atoms with Crippen molar-refractivity contribution < 1.29 is 18.0 Å². The zero-order valence-electron chi connectivity index (χ0n) is 12.6. The lowest BCUT2D eigenvalue weighted by Gasteiger charge is -2.36. The number of anilines is 1. The average molecular weight is 399 g/mol. The number of amides is 1. The van der Waals surface area contributed by atoms with E-state index in [1.807, 2.05) is 0 Å². The molecule has 24 heavy (non-hydrogen) atoms. The second-order valence-corrected chi connectivity index (χ2v) is 6.40. The molecule has 0 atom stereocenters. The van der Waals surface area contributed by atoms with Crippen molar-refractivity contribution in [2.24, 2.45) is 0 Å². The van der Waals surface area contributed by atoms with E-state index in [4.69, 9.17) is 0 Å². The van der Waals surface area contributed by atoms with Crippen molar-refractivity contribution in [3.8, 4) is 0 Å². The fourth-order valence-electron chi connectivity index (χ4n) is 2.69. The van der Waals surface area contributed by atoms with Gasteiger partial charge in [-0.05, 0) is 36.4 Å². The van der Waals surface area contributed by atoms with Gasteiger partial charge in [-0.15, -0.1) is 0 Å². The smallest absolute Gasteiger partial charge is 0.253 e. The molecule has 2 aromatic rings. The predicted molar refractivity (Wildman–Crippen MR) is 88.6 cm³/mol. The lowest BCUT2D eigenvalue weighted by Crippen LogP contribution is -2.49. The molecular weight excluding hydrogens is 385 g/mol. The average Bonchev–Trinajstić information content (AvgIpc) is 2.60. The summed E-state index contributed by atoms with van der Waals surface area (Å²) in [5, 5.41) is 0. The van der Waals surface area contributed by atoms with Crippen LogP contribution in [0.2, 0.25) is 0 Å². The first kappa shape index (κ1) is 16.8. The van der Waals surface area contributed by atoms with Crippen LogP contribution in [0, 0.1) is 17.5 Å². The molecule has 7 heteroatoms. The van der Waals surface area contributed by atoms with E-state index in [-0.39, 0.29) is 11.6 Å². The van der Waals surface area contributed by atoms with Gasteiger partial charge >= 0.3 is 0 Å². The van der Waals surface area contributed by atoms with Gasteiger partial charge in [-0.2, -0.15) is 0 Å². The SMILES string of the molecule is O=C(c1ccc(Br)cc1)N1CCN(c2ccc(F)c(F)c2F)CC1. The number of halogens is 4. The molecule has 2 aromatic carbocycles. The minimum absolute atomic E-state index is 0.0182. The van der Waals surface area contributed by atoms with Crippen molar-refractivity contribution in [2.75, 3.05) is 31.1 Å². The first-order valence-corrected chi connectivity index (χ1v) is 8.20. The summed E-state index contributed by atoms with van der Waals surface area (Å²) in [5.74, 6) is -3.98. The molecule has 1 heterocycles. The number of benzene rings is 2. The second-order valence-electron chi connectivity index (χ2n) is 5.48. The van der Waals surface area contributed by atoms with Crippen LogP contribution in [0.15, 0.2) is 40.9 Å². The number of hydrogen-bond donors (Lipinski definition) is 0. The summed E-state index contributed by atoms with van der Waals surface area (Å²) >= 11 is 3.32.